The maximum absolute atomic E-state index is 12.7. The van der Waals surface area contributed by atoms with Crippen LogP contribution in [0.2, 0.25) is 0 Å². The van der Waals surface area contributed by atoms with Crippen LogP contribution in [-0.2, 0) is 4.79 Å². The van der Waals surface area contributed by atoms with Crippen molar-refractivity contribution in [3.63, 3.8) is 0 Å². The van der Waals surface area contributed by atoms with Gasteiger partial charge in [-0.15, -0.1) is 0 Å². The zero-order valence-corrected chi connectivity index (χ0v) is 16.0. The van der Waals surface area contributed by atoms with Gasteiger partial charge in [0.05, 0.1) is 34.6 Å². The van der Waals surface area contributed by atoms with E-state index in [-0.39, 0.29) is 11.8 Å². The van der Waals surface area contributed by atoms with E-state index in [1.165, 1.54) is 0 Å². The van der Waals surface area contributed by atoms with Crippen molar-refractivity contribution in [3.8, 4) is 0 Å². The summed E-state index contributed by atoms with van der Waals surface area (Å²) in [5.74, 6) is 0.508. The largest absolute Gasteiger partial charge is 0.370 e. The highest BCUT2D eigenvalue weighted by Gasteiger charge is 2.25. The zero-order chi connectivity index (χ0) is 19.6. The number of aromatic nitrogens is 3. The molecule has 0 saturated carbocycles. The smallest absolute Gasteiger partial charge is 0.228 e. The van der Waals surface area contributed by atoms with Gasteiger partial charge in [-0.1, -0.05) is 30.3 Å². The molecule has 0 unspecified atom stereocenters. The predicted octanol–water partition coefficient (Wildman–Crippen LogP) is 4.03. The number of nitrogens with one attached hydrogen (secondary N) is 1. The van der Waals surface area contributed by atoms with E-state index in [4.69, 9.17) is 0 Å². The lowest BCUT2D eigenvalue weighted by molar-refractivity contribution is -0.120. The molecular formula is C23H21N5O. The van der Waals surface area contributed by atoms with E-state index < -0.39 is 0 Å². The SMILES string of the molecule is O=C(Nc1cnc2ccccc2n1)C1CCN(c2cnc3ccccc3c2)CC1. The second-order valence-electron chi connectivity index (χ2n) is 7.38. The zero-order valence-electron chi connectivity index (χ0n) is 16.0. The first kappa shape index (κ1) is 17.6. The summed E-state index contributed by atoms with van der Waals surface area (Å²) in [5, 5.41) is 4.08. The average Bonchev–Trinajstić information content (AvgIpc) is 2.79. The molecule has 6 nitrogen and oxygen atoms in total. The number of benzene rings is 2. The van der Waals surface area contributed by atoms with E-state index in [9.17, 15) is 4.79 Å². The van der Waals surface area contributed by atoms with Crippen molar-refractivity contribution in [1.82, 2.24) is 15.0 Å². The molecule has 2 aromatic heterocycles. The second-order valence-corrected chi connectivity index (χ2v) is 7.38. The van der Waals surface area contributed by atoms with Crippen LogP contribution in [-0.4, -0.2) is 33.9 Å². The van der Waals surface area contributed by atoms with Crippen LogP contribution in [0.25, 0.3) is 21.9 Å². The summed E-state index contributed by atoms with van der Waals surface area (Å²) in [7, 11) is 0. The normalized spacial score (nSPS) is 15.0. The molecule has 0 radical (unpaired) electrons. The number of pyridine rings is 1. The van der Waals surface area contributed by atoms with Gasteiger partial charge in [-0.25, -0.2) is 4.98 Å². The number of anilines is 2. The molecule has 1 aliphatic rings. The highest BCUT2D eigenvalue weighted by atomic mass is 16.1. The number of rotatable bonds is 3. The van der Waals surface area contributed by atoms with Crippen LogP contribution in [0.15, 0.2) is 67.0 Å². The highest BCUT2D eigenvalue weighted by molar-refractivity contribution is 5.92. The molecule has 1 amide bonds. The molecule has 2 aromatic carbocycles. The first-order valence-corrected chi connectivity index (χ1v) is 9.89. The van der Waals surface area contributed by atoms with Crippen molar-refractivity contribution in [2.45, 2.75) is 12.8 Å². The maximum atomic E-state index is 12.7. The van der Waals surface area contributed by atoms with Crippen LogP contribution >= 0.6 is 0 Å². The molecule has 0 atom stereocenters. The fourth-order valence-corrected chi connectivity index (χ4v) is 3.88. The molecule has 3 heterocycles. The van der Waals surface area contributed by atoms with Crippen LogP contribution in [0, 0.1) is 5.92 Å². The van der Waals surface area contributed by atoms with E-state index in [1.807, 2.05) is 48.7 Å². The van der Waals surface area contributed by atoms with E-state index in [0.717, 1.165) is 53.6 Å². The summed E-state index contributed by atoms with van der Waals surface area (Å²) in [6, 6.07) is 17.9. The van der Waals surface area contributed by atoms with Crippen LogP contribution in [0.3, 0.4) is 0 Å². The molecule has 1 aliphatic heterocycles. The number of para-hydroxylation sites is 3. The molecular weight excluding hydrogens is 362 g/mol. The molecule has 144 valence electrons. The molecule has 1 fully saturated rings. The molecule has 0 bridgehead atoms. The van der Waals surface area contributed by atoms with Gasteiger partial charge in [-0.05, 0) is 37.1 Å². The van der Waals surface area contributed by atoms with Crippen molar-refractivity contribution in [1.29, 1.82) is 0 Å². The quantitative estimate of drug-likeness (QED) is 0.578. The van der Waals surface area contributed by atoms with E-state index in [1.54, 1.807) is 6.20 Å². The minimum absolute atomic E-state index is 0.0193. The van der Waals surface area contributed by atoms with Gasteiger partial charge in [0.25, 0.3) is 0 Å². The minimum Gasteiger partial charge on any atom is -0.370 e. The van der Waals surface area contributed by atoms with Gasteiger partial charge >= 0.3 is 0 Å². The Morgan fingerprint density at radius 1 is 0.897 bits per heavy atom. The lowest BCUT2D eigenvalue weighted by Gasteiger charge is -2.32. The summed E-state index contributed by atoms with van der Waals surface area (Å²) >= 11 is 0. The standard InChI is InChI=1S/C23H21N5O/c29-23(27-22-15-25-20-7-3-4-8-21(20)26-22)16-9-11-28(12-10-16)18-13-17-5-1-2-6-19(17)24-14-18/h1-8,13-16H,9-12H2,(H,26,27,29). The number of carbonyl (C=O) groups excluding carboxylic acids is 1. The fourth-order valence-electron chi connectivity index (χ4n) is 3.88. The Morgan fingerprint density at radius 2 is 1.59 bits per heavy atom. The third kappa shape index (κ3) is 3.61. The van der Waals surface area contributed by atoms with Gasteiger partial charge in [0.1, 0.15) is 0 Å². The summed E-state index contributed by atoms with van der Waals surface area (Å²) in [4.78, 5) is 28.4. The topological polar surface area (TPSA) is 71.0 Å². The van der Waals surface area contributed by atoms with Crippen molar-refractivity contribution in [2.75, 3.05) is 23.3 Å². The Labute approximate surface area is 168 Å². The molecule has 0 aliphatic carbocycles. The second kappa shape index (κ2) is 7.47. The van der Waals surface area contributed by atoms with Gasteiger partial charge in [-0.3, -0.25) is 14.8 Å². The molecule has 29 heavy (non-hydrogen) atoms. The van der Waals surface area contributed by atoms with Crippen molar-refractivity contribution in [2.24, 2.45) is 5.92 Å². The fraction of sp³-hybridized carbons (Fsp3) is 0.217. The van der Waals surface area contributed by atoms with E-state index in [0.29, 0.717) is 5.82 Å². The first-order chi connectivity index (χ1) is 14.3. The third-order valence-corrected chi connectivity index (χ3v) is 5.51. The Balaban J connectivity index is 1.23. The highest BCUT2D eigenvalue weighted by Crippen LogP contribution is 2.26. The van der Waals surface area contributed by atoms with E-state index >= 15 is 0 Å². The molecule has 1 saturated heterocycles. The van der Waals surface area contributed by atoms with Crippen LogP contribution in [0.5, 0.6) is 0 Å². The van der Waals surface area contributed by atoms with Gasteiger partial charge in [0.15, 0.2) is 5.82 Å². The monoisotopic (exact) mass is 383 g/mol. The molecule has 5 rings (SSSR count). The Bertz CT molecular complexity index is 1180. The summed E-state index contributed by atoms with van der Waals surface area (Å²) in [6.45, 7) is 1.67. The molecule has 4 aromatic rings. The number of carbonyl (C=O) groups is 1. The third-order valence-electron chi connectivity index (χ3n) is 5.51. The number of piperidine rings is 1. The molecule has 1 N–H and O–H groups in total. The van der Waals surface area contributed by atoms with Crippen molar-refractivity contribution in [3.05, 3.63) is 67.0 Å². The number of hydrogen-bond acceptors (Lipinski definition) is 5. The van der Waals surface area contributed by atoms with Gasteiger partial charge in [0.2, 0.25) is 5.91 Å². The number of fused-ring (bicyclic) bond motifs is 2. The lowest BCUT2D eigenvalue weighted by Crippen LogP contribution is -2.38. The predicted molar refractivity (Wildman–Crippen MR) is 115 cm³/mol. The lowest BCUT2D eigenvalue weighted by atomic mass is 9.95. The Morgan fingerprint density at radius 3 is 2.41 bits per heavy atom. The summed E-state index contributed by atoms with van der Waals surface area (Å²) in [5.41, 5.74) is 3.72. The van der Waals surface area contributed by atoms with Crippen LogP contribution in [0.1, 0.15) is 12.8 Å². The van der Waals surface area contributed by atoms with Gasteiger partial charge < -0.3 is 10.2 Å². The summed E-state index contributed by atoms with van der Waals surface area (Å²) < 4.78 is 0. The number of hydrogen-bond donors (Lipinski definition) is 1. The van der Waals surface area contributed by atoms with Gasteiger partial charge in [-0.2, -0.15) is 0 Å². The van der Waals surface area contributed by atoms with Crippen molar-refractivity contribution < 1.29 is 4.79 Å². The summed E-state index contributed by atoms with van der Waals surface area (Å²) in [6.07, 6.45) is 5.16. The first-order valence-electron chi connectivity index (χ1n) is 9.89. The van der Waals surface area contributed by atoms with Crippen LogP contribution < -0.4 is 10.2 Å². The Kier molecular flexibility index (Phi) is 4.52. The van der Waals surface area contributed by atoms with Crippen molar-refractivity contribution >= 4 is 39.3 Å². The average molecular weight is 383 g/mol. The van der Waals surface area contributed by atoms with Gasteiger partial charge in [0, 0.05) is 24.4 Å². The Hall–Kier alpha value is -3.54. The number of amides is 1. The number of nitrogens with zero attached hydrogens (tertiary/aromatic N) is 4. The maximum Gasteiger partial charge on any atom is 0.228 e. The van der Waals surface area contributed by atoms with E-state index in [2.05, 4.69) is 37.3 Å². The molecule has 0 spiro atoms. The molecule has 6 heteroatoms. The van der Waals surface area contributed by atoms with Crippen LogP contribution in [0.4, 0.5) is 11.5 Å². The minimum atomic E-state index is -0.0204.